The highest BCUT2D eigenvalue weighted by molar-refractivity contribution is 5.80. The second-order valence-corrected chi connectivity index (χ2v) is 3.50. The number of benzene rings is 1. The van der Waals surface area contributed by atoms with E-state index in [1.807, 2.05) is 5.43 Å². The third kappa shape index (κ3) is 3.15. The first-order valence-corrected chi connectivity index (χ1v) is 4.88. The Morgan fingerprint density at radius 3 is 2.76 bits per heavy atom. The molecule has 0 saturated heterocycles. The van der Waals surface area contributed by atoms with E-state index in [2.05, 4.69) is 0 Å². The summed E-state index contributed by atoms with van der Waals surface area (Å²) in [6.07, 6.45) is -0.901. The molecule has 0 aliphatic heterocycles. The van der Waals surface area contributed by atoms with Gasteiger partial charge in [-0.3, -0.25) is 20.3 Å². The van der Waals surface area contributed by atoms with Crippen molar-refractivity contribution in [1.29, 1.82) is 0 Å². The number of hydrogen-bond donors (Lipinski definition) is 2. The molecule has 7 nitrogen and oxygen atoms in total. The molecule has 1 rings (SSSR count). The van der Waals surface area contributed by atoms with Gasteiger partial charge in [-0.1, -0.05) is 6.07 Å². The number of nitro groups is 1. The summed E-state index contributed by atoms with van der Waals surface area (Å²) in [4.78, 5) is 21.4. The fraction of sp³-hybridized carbons (Fsp3) is 0.300. The van der Waals surface area contributed by atoms with E-state index in [9.17, 15) is 14.9 Å². The highest BCUT2D eigenvalue weighted by Gasteiger charge is 2.20. The number of aryl methyl sites for hydroxylation is 1. The van der Waals surface area contributed by atoms with E-state index >= 15 is 0 Å². The molecular formula is C10H13N3O4. The van der Waals surface area contributed by atoms with Crippen LogP contribution in [0.25, 0.3) is 0 Å². The smallest absolute Gasteiger partial charge is 0.311 e. The van der Waals surface area contributed by atoms with Crippen molar-refractivity contribution in [2.45, 2.75) is 20.0 Å². The normalized spacial score (nSPS) is 11.7. The number of hydrazine groups is 1. The zero-order valence-corrected chi connectivity index (χ0v) is 9.47. The minimum Gasteiger partial charge on any atom is -0.474 e. The quantitative estimate of drug-likeness (QED) is 0.347. The van der Waals surface area contributed by atoms with Gasteiger partial charge in [0, 0.05) is 6.07 Å². The summed E-state index contributed by atoms with van der Waals surface area (Å²) in [7, 11) is 0. The van der Waals surface area contributed by atoms with Gasteiger partial charge in [0.15, 0.2) is 11.9 Å². The van der Waals surface area contributed by atoms with Crippen LogP contribution in [0.5, 0.6) is 5.75 Å². The molecule has 1 atom stereocenters. The van der Waals surface area contributed by atoms with Crippen LogP contribution in [0, 0.1) is 17.0 Å². The Morgan fingerprint density at radius 2 is 2.24 bits per heavy atom. The molecule has 92 valence electrons. The van der Waals surface area contributed by atoms with E-state index < -0.39 is 16.9 Å². The number of nitrogens with two attached hydrogens (primary N) is 1. The Hall–Kier alpha value is -2.15. The molecule has 0 spiro atoms. The fourth-order valence-electron chi connectivity index (χ4n) is 1.23. The molecule has 1 unspecified atom stereocenters. The second-order valence-electron chi connectivity index (χ2n) is 3.50. The van der Waals surface area contributed by atoms with Gasteiger partial charge in [-0.05, 0) is 25.5 Å². The van der Waals surface area contributed by atoms with Crippen molar-refractivity contribution in [3.8, 4) is 5.75 Å². The third-order valence-corrected chi connectivity index (χ3v) is 2.13. The van der Waals surface area contributed by atoms with Crippen molar-refractivity contribution in [2.75, 3.05) is 0 Å². The topological polar surface area (TPSA) is 107 Å². The van der Waals surface area contributed by atoms with Gasteiger partial charge in [0.1, 0.15) is 0 Å². The van der Waals surface area contributed by atoms with Crippen LogP contribution in [0.3, 0.4) is 0 Å². The van der Waals surface area contributed by atoms with Crippen LogP contribution < -0.4 is 16.0 Å². The minimum atomic E-state index is -0.901. The lowest BCUT2D eigenvalue weighted by molar-refractivity contribution is -0.386. The Balaban J connectivity index is 2.98. The number of carbonyl (C=O) groups excluding carboxylic acids is 1. The van der Waals surface area contributed by atoms with Crippen LogP contribution >= 0.6 is 0 Å². The van der Waals surface area contributed by atoms with Gasteiger partial charge in [-0.2, -0.15) is 0 Å². The number of carbonyl (C=O) groups is 1. The molecule has 1 amide bonds. The molecular weight excluding hydrogens is 226 g/mol. The summed E-state index contributed by atoms with van der Waals surface area (Å²) in [5.74, 6) is 4.42. The van der Waals surface area contributed by atoms with Crippen molar-refractivity contribution in [2.24, 2.45) is 5.84 Å². The number of nitro benzene ring substituents is 1. The van der Waals surface area contributed by atoms with Crippen molar-refractivity contribution in [3.05, 3.63) is 33.9 Å². The summed E-state index contributed by atoms with van der Waals surface area (Å²) in [6, 6.07) is 4.49. The zero-order valence-electron chi connectivity index (χ0n) is 9.47. The Labute approximate surface area is 97.7 Å². The van der Waals surface area contributed by atoms with Gasteiger partial charge < -0.3 is 4.74 Å². The molecule has 7 heteroatoms. The van der Waals surface area contributed by atoms with E-state index in [-0.39, 0.29) is 11.4 Å². The van der Waals surface area contributed by atoms with Crippen molar-refractivity contribution in [1.82, 2.24) is 5.43 Å². The summed E-state index contributed by atoms with van der Waals surface area (Å²) in [5, 5.41) is 10.8. The lowest BCUT2D eigenvalue weighted by Crippen LogP contribution is -2.40. The Bertz CT molecular complexity index is 447. The molecule has 0 aliphatic rings. The van der Waals surface area contributed by atoms with E-state index in [0.29, 0.717) is 0 Å². The van der Waals surface area contributed by atoms with Gasteiger partial charge in [-0.15, -0.1) is 0 Å². The molecule has 1 aromatic rings. The highest BCUT2D eigenvalue weighted by atomic mass is 16.6. The molecule has 0 heterocycles. The summed E-state index contributed by atoms with van der Waals surface area (Å²) in [6.45, 7) is 3.18. The van der Waals surface area contributed by atoms with Crippen molar-refractivity contribution < 1.29 is 14.5 Å². The monoisotopic (exact) mass is 239 g/mol. The molecule has 0 bridgehead atoms. The molecule has 0 fully saturated rings. The van der Waals surface area contributed by atoms with Crippen LogP contribution in [0.2, 0.25) is 0 Å². The number of nitrogens with zero attached hydrogens (tertiary/aromatic N) is 1. The number of rotatable bonds is 4. The number of amides is 1. The maximum atomic E-state index is 11.1. The summed E-state index contributed by atoms with van der Waals surface area (Å²) >= 11 is 0. The SMILES string of the molecule is Cc1ccc(OC(C)C(=O)NN)c([N+](=O)[O-])c1. The molecule has 0 saturated carbocycles. The van der Waals surface area contributed by atoms with E-state index in [4.69, 9.17) is 10.6 Å². The Kier molecular flexibility index (Phi) is 4.00. The lowest BCUT2D eigenvalue weighted by atomic mass is 10.2. The molecule has 17 heavy (non-hydrogen) atoms. The van der Waals surface area contributed by atoms with Crippen LogP contribution in [0.1, 0.15) is 12.5 Å². The van der Waals surface area contributed by atoms with Gasteiger partial charge in [0.25, 0.3) is 5.91 Å². The van der Waals surface area contributed by atoms with Crippen molar-refractivity contribution >= 4 is 11.6 Å². The van der Waals surface area contributed by atoms with Crippen LogP contribution in [-0.4, -0.2) is 16.9 Å². The lowest BCUT2D eigenvalue weighted by Gasteiger charge is -2.13. The summed E-state index contributed by atoms with van der Waals surface area (Å²) in [5.41, 5.74) is 2.47. The minimum absolute atomic E-state index is 0.0386. The van der Waals surface area contributed by atoms with Crippen LogP contribution in [0.15, 0.2) is 18.2 Å². The van der Waals surface area contributed by atoms with Gasteiger partial charge in [-0.25, -0.2) is 5.84 Å². The first-order valence-electron chi connectivity index (χ1n) is 4.88. The maximum Gasteiger partial charge on any atom is 0.311 e. The van der Waals surface area contributed by atoms with Crippen molar-refractivity contribution in [3.63, 3.8) is 0 Å². The van der Waals surface area contributed by atoms with E-state index in [1.54, 1.807) is 13.0 Å². The average molecular weight is 239 g/mol. The predicted molar refractivity (Wildman–Crippen MR) is 60.3 cm³/mol. The van der Waals surface area contributed by atoms with E-state index in [0.717, 1.165) is 5.56 Å². The largest absolute Gasteiger partial charge is 0.474 e. The number of ether oxygens (including phenoxy) is 1. The first-order chi connectivity index (χ1) is 7.95. The third-order valence-electron chi connectivity index (χ3n) is 2.13. The van der Waals surface area contributed by atoms with Crippen LogP contribution in [-0.2, 0) is 4.79 Å². The Morgan fingerprint density at radius 1 is 1.59 bits per heavy atom. The highest BCUT2D eigenvalue weighted by Crippen LogP contribution is 2.28. The molecule has 0 aromatic heterocycles. The second kappa shape index (κ2) is 5.26. The van der Waals surface area contributed by atoms with Crippen LogP contribution in [0.4, 0.5) is 5.69 Å². The molecule has 0 radical (unpaired) electrons. The maximum absolute atomic E-state index is 11.1. The first kappa shape index (κ1) is 12.9. The van der Waals surface area contributed by atoms with Gasteiger partial charge >= 0.3 is 5.69 Å². The van der Waals surface area contributed by atoms with E-state index in [1.165, 1.54) is 19.1 Å². The number of nitrogens with one attached hydrogen (secondary N) is 1. The zero-order chi connectivity index (χ0) is 13.0. The summed E-state index contributed by atoms with van der Waals surface area (Å²) < 4.78 is 5.18. The standard InChI is InChI=1S/C10H13N3O4/c1-6-3-4-9(8(5-6)13(15)16)17-7(2)10(14)12-11/h3-5,7H,11H2,1-2H3,(H,12,14). The number of hydrogen-bond acceptors (Lipinski definition) is 5. The average Bonchev–Trinajstić information content (AvgIpc) is 2.29. The molecule has 0 aliphatic carbocycles. The predicted octanol–water partition coefficient (Wildman–Crippen LogP) is 0.660. The molecule has 3 N–H and O–H groups in total. The fourth-order valence-corrected chi connectivity index (χ4v) is 1.23. The molecule has 1 aromatic carbocycles. The van der Waals surface area contributed by atoms with Gasteiger partial charge in [0.05, 0.1) is 4.92 Å². The van der Waals surface area contributed by atoms with Gasteiger partial charge in [0.2, 0.25) is 0 Å².